The molecular formula is C23H21ClFN3O4S. The maximum absolute atomic E-state index is 13.3. The molecular weight excluding hydrogens is 469 g/mol. The summed E-state index contributed by atoms with van der Waals surface area (Å²) < 4.78 is 40.6. The Kier molecular flexibility index (Phi) is 7.35. The topological polar surface area (TPSA) is 95.6 Å². The zero-order valence-electron chi connectivity index (χ0n) is 17.8. The van der Waals surface area contributed by atoms with Gasteiger partial charge in [0.25, 0.3) is 15.9 Å². The van der Waals surface area contributed by atoms with Crippen LogP contribution >= 0.6 is 11.6 Å². The van der Waals surface area contributed by atoms with Crippen molar-refractivity contribution in [2.75, 3.05) is 24.1 Å². The van der Waals surface area contributed by atoms with Crippen molar-refractivity contribution >= 4 is 44.8 Å². The van der Waals surface area contributed by atoms with Gasteiger partial charge < -0.3 is 10.2 Å². The Morgan fingerprint density at radius 1 is 0.939 bits per heavy atom. The summed E-state index contributed by atoms with van der Waals surface area (Å²) >= 11 is 5.66. The Hall–Kier alpha value is -3.43. The molecule has 3 aromatic rings. The summed E-state index contributed by atoms with van der Waals surface area (Å²) in [4.78, 5) is 25.6. The van der Waals surface area contributed by atoms with Gasteiger partial charge in [-0.15, -0.1) is 0 Å². The molecule has 0 radical (unpaired) electrons. The van der Waals surface area contributed by atoms with Crippen LogP contribution in [0.4, 0.5) is 15.8 Å². The van der Waals surface area contributed by atoms with Gasteiger partial charge in [-0.1, -0.05) is 23.7 Å². The van der Waals surface area contributed by atoms with Gasteiger partial charge in [0.2, 0.25) is 5.91 Å². The molecule has 0 aromatic heterocycles. The molecule has 0 spiro atoms. The maximum atomic E-state index is 13.3. The molecule has 172 valence electrons. The van der Waals surface area contributed by atoms with E-state index in [1.54, 1.807) is 38.4 Å². The lowest BCUT2D eigenvalue weighted by Crippen LogP contribution is -2.23. The van der Waals surface area contributed by atoms with Gasteiger partial charge in [0.05, 0.1) is 16.3 Å². The number of nitrogens with zero attached hydrogens (tertiary/aromatic N) is 1. The monoisotopic (exact) mass is 489 g/mol. The number of rotatable bonds is 7. The maximum Gasteiger partial charge on any atom is 0.261 e. The van der Waals surface area contributed by atoms with Crippen LogP contribution in [-0.2, 0) is 21.2 Å². The molecule has 2 N–H and O–H groups in total. The van der Waals surface area contributed by atoms with Gasteiger partial charge in [0.15, 0.2) is 0 Å². The highest BCUT2D eigenvalue weighted by molar-refractivity contribution is 7.92. The van der Waals surface area contributed by atoms with Crippen LogP contribution in [0.3, 0.4) is 0 Å². The molecule has 2 amide bonds. The van der Waals surface area contributed by atoms with Crippen molar-refractivity contribution in [3.63, 3.8) is 0 Å². The molecule has 0 aliphatic carbocycles. The zero-order valence-corrected chi connectivity index (χ0v) is 19.4. The number of sulfonamides is 1. The van der Waals surface area contributed by atoms with Gasteiger partial charge in [-0.05, 0) is 60.2 Å². The number of anilines is 2. The second kappa shape index (κ2) is 10.0. The molecule has 0 fully saturated rings. The standard InChI is InChI=1S/C23H21ClFN3O4S/c1-28(2)22(29)13-15-3-7-17(8-4-15)26-23(30)16-5-9-18(10-6-16)27-33(31,32)19-11-12-21(25)20(24)14-19/h3-12,14,27H,13H2,1-2H3,(H,26,30). The van der Waals surface area contributed by atoms with E-state index in [-0.39, 0.29) is 33.8 Å². The number of carbonyl (C=O) groups is 2. The second-order valence-electron chi connectivity index (χ2n) is 7.37. The summed E-state index contributed by atoms with van der Waals surface area (Å²) in [6, 6.07) is 15.8. The lowest BCUT2D eigenvalue weighted by Gasteiger charge is -2.11. The number of likely N-dealkylation sites (N-methyl/N-ethyl adjacent to an activating group) is 1. The van der Waals surface area contributed by atoms with Crippen molar-refractivity contribution < 1.29 is 22.4 Å². The quantitative estimate of drug-likeness (QED) is 0.521. The number of carbonyl (C=O) groups excluding carboxylic acids is 2. The number of benzene rings is 3. The molecule has 7 nitrogen and oxygen atoms in total. The van der Waals surface area contributed by atoms with E-state index in [9.17, 15) is 22.4 Å². The Labute approximate surface area is 196 Å². The minimum absolute atomic E-state index is 0.0231. The summed E-state index contributed by atoms with van der Waals surface area (Å²) in [5, 5.41) is 2.44. The van der Waals surface area contributed by atoms with Gasteiger partial charge in [-0.2, -0.15) is 0 Å². The number of hydrogen-bond acceptors (Lipinski definition) is 4. The van der Waals surface area contributed by atoms with Gasteiger partial charge in [0.1, 0.15) is 5.82 Å². The molecule has 0 saturated heterocycles. The molecule has 3 aromatic carbocycles. The third kappa shape index (κ3) is 6.30. The molecule has 10 heteroatoms. The van der Waals surface area contributed by atoms with Crippen LogP contribution in [0, 0.1) is 5.82 Å². The largest absolute Gasteiger partial charge is 0.349 e. The molecule has 0 atom stereocenters. The van der Waals surface area contributed by atoms with Crippen LogP contribution < -0.4 is 10.0 Å². The molecule has 0 aliphatic rings. The molecule has 0 bridgehead atoms. The van der Waals surface area contributed by atoms with Gasteiger partial charge in [-0.3, -0.25) is 14.3 Å². The van der Waals surface area contributed by atoms with Gasteiger partial charge in [0, 0.05) is 31.0 Å². The highest BCUT2D eigenvalue weighted by Gasteiger charge is 2.16. The first-order valence-corrected chi connectivity index (χ1v) is 11.6. The Balaban J connectivity index is 1.64. The molecule has 0 saturated carbocycles. The summed E-state index contributed by atoms with van der Waals surface area (Å²) in [6.07, 6.45) is 0.267. The number of halogens is 2. The fourth-order valence-electron chi connectivity index (χ4n) is 2.79. The minimum Gasteiger partial charge on any atom is -0.349 e. The summed E-state index contributed by atoms with van der Waals surface area (Å²) in [7, 11) is -0.609. The van der Waals surface area contributed by atoms with Crippen LogP contribution in [0.5, 0.6) is 0 Å². The van der Waals surface area contributed by atoms with Gasteiger partial charge >= 0.3 is 0 Å². The van der Waals surface area contributed by atoms with E-state index in [4.69, 9.17) is 11.6 Å². The summed E-state index contributed by atoms with van der Waals surface area (Å²) in [6.45, 7) is 0. The van der Waals surface area contributed by atoms with Crippen LogP contribution in [0.1, 0.15) is 15.9 Å². The van der Waals surface area contributed by atoms with Crippen LogP contribution in [0.25, 0.3) is 0 Å². The first-order chi connectivity index (χ1) is 15.5. The molecule has 0 heterocycles. The first kappa shape index (κ1) is 24.2. The first-order valence-electron chi connectivity index (χ1n) is 9.73. The fraction of sp³-hybridized carbons (Fsp3) is 0.130. The van der Waals surface area contributed by atoms with Crippen LogP contribution in [0.15, 0.2) is 71.6 Å². The number of amides is 2. The normalized spacial score (nSPS) is 11.0. The van der Waals surface area contributed by atoms with E-state index >= 15 is 0 Å². The van der Waals surface area contributed by atoms with E-state index in [1.165, 1.54) is 29.2 Å². The minimum atomic E-state index is -3.98. The smallest absolute Gasteiger partial charge is 0.261 e. The van der Waals surface area contributed by atoms with E-state index in [0.29, 0.717) is 11.3 Å². The predicted octanol–water partition coefficient (Wildman–Crippen LogP) is 4.16. The van der Waals surface area contributed by atoms with Crippen LogP contribution in [-0.4, -0.2) is 39.2 Å². The van der Waals surface area contributed by atoms with E-state index in [2.05, 4.69) is 10.0 Å². The van der Waals surface area contributed by atoms with Crippen molar-refractivity contribution in [2.24, 2.45) is 0 Å². The SMILES string of the molecule is CN(C)C(=O)Cc1ccc(NC(=O)c2ccc(NS(=O)(=O)c3ccc(F)c(Cl)c3)cc2)cc1. The van der Waals surface area contributed by atoms with Crippen molar-refractivity contribution in [1.29, 1.82) is 0 Å². The van der Waals surface area contributed by atoms with E-state index in [1.807, 2.05) is 0 Å². The lowest BCUT2D eigenvalue weighted by molar-refractivity contribution is -0.127. The Morgan fingerprint density at radius 2 is 1.55 bits per heavy atom. The Morgan fingerprint density at radius 3 is 2.12 bits per heavy atom. The van der Waals surface area contributed by atoms with Crippen LogP contribution in [0.2, 0.25) is 5.02 Å². The molecule has 0 aliphatic heterocycles. The lowest BCUT2D eigenvalue weighted by atomic mass is 10.1. The Bertz CT molecular complexity index is 1280. The highest BCUT2D eigenvalue weighted by atomic mass is 35.5. The number of nitrogens with one attached hydrogen (secondary N) is 2. The van der Waals surface area contributed by atoms with Crippen molar-refractivity contribution in [3.05, 3.63) is 88.7 Å². The number of hydrogen-bond donors (Lipinski definition) is 2. The average molecular weight is 490 g/mol. The third-order valence-electron chi connectivity index (χ3n) is 4.67. The molecule has 33 heavy (non-hydrogen) atoms. The predicted molar refractivity (Wildman–Crippen MR) is 125 cm³/mol. The van der Waals surface area contributed by atoms with Crippen molar-refractivity contribution in [1.82, 2.24) is 4.90 Å². The van der Waals surface area contributed by atoms with Crippen molar-refractivity contribution in [3.8, 4) is 0 Å². The van der Waals surface area contributed by atoms with E-state index in [0.717, 1.165) is 23.8 Å². The molecule has 0 unspecified atom stereocenters. The van der Waals surface area contributed by atoms with E-state index < -0.39 is 15.8 Å². The zero-order chi connectivity index (χ0) is 24.2. The average Bonchev–Trinajstić information content (AvgIpc) is 2.77. The molecule has 3 rings (SSSR count). The summed E-state index contributed by atoms with van der Waals surface area (Å²) in [5.41, 5.74) is 1.92. The fourth-order valence-corrected chi connectivity index (χ4v) is 4.12. The highest BCUT2D eigenvalue weighted by Crippen LogP contribution is 2.22. The van der Waals surface area contributed by atoms with Gasteiger partial charge in [-0.25, -0.2) is 12.8 Å². The second-order valence-corrected chi connectivity index (χ2v) is 9.46. The summed E-state index contributed by atoms with van der Waals surface area (Å²) in [5.74, 6) is -1.13. The van der Waals surface area contributed by atoms with Crippen molar-refractivity contribution in [2.45, 2.75) is 11.3 Å². The third-order valence-corrected chi connectivity index (χ3v) is 6.34.